The van der Waals surface area contributed by atoms with Crippen molar-refractivity contribution in [3.05, 3.63) is 41.5 Å². The minimum Gasteiger partial charge on any atom is -0.356 e. The van der Waals surface area contributed by atoms with Gasteiger partial charge in [-0.1, -0.05) is 23.8 Å². The molecule has 6 nitrogen and oxygen atoms in total. The van der Waals surface area contributed by atoms with E-state index in [1.165, 1.54) is 25.7 Å². The van der Waals surface area contributed by atoms with E-state index >= 15 is 0 Å². The second-order valence-corrected chi connectivity index (χ2v) is 8.96. The van der Waals surface area contributed by atoms with Crippen LogP contribution in [0.3, 0.4) is 0 Å². The number of nitrogens with zero attached hydrogens (tertiary/aromatic N) is 1. The Morgan fingerprint density at radius 2 is 1.89 bits per heavy atom. The average Bonchev–Trinajstić information content (AvgIpc) is 3.49. The van der Waals surface area contributed by atoms with Crippen molar-refractivity contribution in [2.45, 2.75) is 62.4 Å². The second-order valence-electron chi connectivity index (χ2n) is 7.25. The Kier molecular flexibility index (Phi) is 9.23. The number of aliphatic imine (C=N–C) groups is 1. The van der Waals surface area contributed by atoms with Crippen LogP contribution < -0.4 is 15.4 Å². The summed E-state index contributed by atoms with van der Waals surface area (Å²) in [6.07, 6.45) is 10.4. The molecule has 28 heavy (non-hydrogen) atoms. The molecule has 0 bridgehead atoms. The predicted molar refractivity (Wildman–Crippen MR) is 125 cm³/mol. The molecule has 0 aromatic heterocycles. The number of nitrogens with one attached hydrogen (secondary N) is 3. The maximum atomic E-state index is 12.2. The van der Waals surface area contributed by atoms with Gasteiger partial charge in [0, 0.05) is 26.2 Å². The second kappa shape index (κ2) is 11.2. The Morgan fingerprint density at radius 3 is 2.50 bits per heavy atom. The normalized spacial score (nSPS) is 17.5. The Labute approximate surface area is 185 Å². The highest BCUT2D eigenvalue weighted by molar-refractivity contribution is 14.0. The molecule has 0 aliphatic heterocycles. The van der Waals surface area contributed by atoms with Crippen LogP contribution in [0.25, 0.3) is 0 Å². The summed E-state index contributed by atoms with van der Waals surface area (Å²) >= 11 is 0. The molecule has 0 saturated heterocycles. The van der Waals surface area contributed by atoms with Gasteiger partial charge in [-0.2, -0.15) is 0 Å². The van der Waals surface area contributed by atoms with E-state index in [9.17, 15) is 8.42 Å². The molecule has 156 valence electrons. The van der Waals surface area contributed by atoms with Crippen molar-refractivity contribution in [3.8, 4) is 0 Å². The first-order valence-electron chi connectivity index (χ1n) is 9.80. The number of benzene rings is 1. The third-order valence-corrected chi connectivity index (χ3v) is 6.48. The smallest absolute Gasteiger partial charge is 0.240 e. The minimum atomic E-state index is -3.38. The standard InChI is InChI=1S/C20H30N4O2S.HI/c1-21-20(22-14-13-16-5-3-2-4-6-16)23-15-17-7-11-19(12-8-17)27(25,26)24-18-9-10-18;/h5,7-8,11-12,18,24H,2-4,6,9-10,13-15H2,1H3,(H2,21,22,23);1H. The van der Waals surface area contributed by atoms with Crippen LogP contribution in [-0.2, 0) is 16.6 Å². The highest BCUT2D eigenvalue weighted by Gasteiger charge is 2.27. The number of hydrogen-bond acceptors (Lipinski definition) is 3. The fourth-order valence-electron chi connectivity index (χ4n) is 3.15. The van der Waals surface area contributed by atoms with Gasteiger partial charge in [0.1, 0.15) is 0 Å². The number of hydrogen-bond donors (Lipinski definition) is 3. The highest BCUT2D eigenvalue weighted by Crippen LogP contribution is 2.22. The fraction of sp³-hybridized carbons (Fsp3) is 0.550. The Hall–Kier alpha value is -1.13. The van der Waals surface area contributed by atoms with Gasteiger partial charge in [-0.3, -0.25) is 4.99 Å². The maximum absolute atomic E-state index is 12.2. The number of allylic oxidation sites excluding steroid dienone is 1. The fourth-order valence-corrected chi connectivity index (χ4v) is 4.46. The molecule has 1 fully saturated rings. The van der Waals surface area contributed by atoms with E-state index in [4.69, 9.17) is 0 Å². The van der Waals surface area contributed by atoms with E-state index in [1.807, 2.05) is 12.1 Å². The lowest BCUT2D eigenvalue weighted by Crippen LogP contribution is -2.37. The number of rotatable bonds is 8. The van der Waals surface area contributed by atoms with Crippen LogP contribution in [0, 0.1) is 0 Å². The summed E-state index contributed by atoms with van der Waals surface area (Å²) < 4.78 is 27.1. The zero-order chi connectivity index (χ0) is 19.1. The quantitative estimate of drug-likeness (QED) is 0.214. The van der Waals surface area contributed by atoms with Gasteiger partial charge in [0.2, 0.25) is 10.0 Å². The summed E-state index contributed by atoms with van der Waals surface area (Å²) in [6, 6.07) is 7.12. The van der Waals surface area contributed by atoms with E-state index in [0.717, 1.165) is 37.3 Å². The van der Waals surface area contributed by atoms with Gasteiger partial charge in [0.25, 0.3) is 0 Å². The lowest BCUT2D eigenvalue weighted by atomic mass is 9.97. The molecule has 0 heterocycles. The Balaban J connectivity index is 0.00000280. The molecule has 0 atom stereocenters. The number of guanidine groups is 1. The van der Waals surface area contributed by atoms with Crippen LogP contribution in [0.4, 0.5) is 0 Å². The SMILES string of the molecule is CN=C(NCCC1=CCCCC1)NCc1ccc(S(=O)(=O)NC2CC2)cc1.I. The van der Waals surface area contributed by atoms with Crippen LogP contribution in [0.5, 0.6) is 0 Å². The molecule has 1 saturated carbocycles. The first-order chi connectivity index (χ1) is 13.1. The lowest BCUT2D eigenvalue weighted by Gasteiger charge is -2.15. The number of sulfonamides is 1. The lowest BCUT2D eigenvalue weighted by molar-refractivity contribution is 0.581. The topological polar surface area (TPSA) is 82.6 Å². The molecule has 1 aromatic carbocycles. The van der Waals surface area contributed by atoms with Crippen molar-refractivity contribution in [3.63, 3.8) is 0 Å². The van der Waals surface area contributed by atoms with Crippen molar-refractivity contribution in [1.29, 1.82) is 0 Å². The predicted octanol–water partition coefficient (Wildman–Crippen LogP) is 3.30. The summed E-state index contributed by atoms with van der Waals surface area (Å²) in [5.41, 5.74) is 2.55. The summed E-state index contributed by atoms with van der Waals surface area (Å²) in [4.78, 5) is 4.57. The molecule has 0 spiro atoms. The average molecular weight is 518 g/mol. The molecule has 1 aromatic rings. The first kappa shape index (κ1) is 23.2. The first-order valence-corrected chi connectivity index (χ1v) is 11.3. The van der Waals surface area contributed by atoms with Gasteiger partial charge in [-0.25, -0.2) is 13.1 Å². The Bertz CT molecular complexity index is 787. The zero-order valence-corrected chi connectivity index (χ0v) is 19.6. The summed E-state index contributed by atoms with van der Waals surface area (Å²) in [5, 5.41) is 6.62. The molecule has 2 aliphatic rings. The summed E-state index contributed by atoms with van der Waals surface area (Å²) in [7, 11) is -1.63. The third-order valence-electron chi connectivity index (χ3n) is 4.94. The zero-order valence-electron chi connectivity index (χ0n) is 16.4. The molecule has 3 rings (SSSR count). The van der Waals surface area contributed by atoms with Crippen molar-refractivity contribution in [2.75, 3.05) is 13.6 Å². The van der Waals surface area contributed by atoms with Gasteiger partial charge >= 0.3 is 0 Å². The summed E-state index contributed by atoms with van der Waals surface area (Å²) in [5.74, 6) is 0.763. The monoisotopic (exact) mass is 518 g/mol. The molecule has 8 heteroatoms. The molecule has 0 amide bonds. The summed E-state index contributed by atoms with van der Waals surface area (Å²) in [6.45, 7) is 1.47. The largest absolute Gasteiger partial charge is 0.356 e. The van der Waals surface area contributed by atoms with Crippen molar-refractivity contribution >= 4 is 40.0 Å². The molecule has 3 N–H and O–H groups in total. The van der Waals surface area contributed by atoms with Crippen molar-refractivity contribution in [2.24, 2.45) is 4.99 Å². The van der Waals surface area contributed by atoms with Gasteiger partial charge in [0.15, 0.2) is 5.96 Å². The van der Waals surface area contributed by atoms with Crippen LogP contribution >= 0.6 is 24.0 Å². The molecular formula is C20H31IN4O2S. The van der Waals surface area contributed by atoms with Gasteiger partial charge in [-0.05, 0) is 62.6 Å². The van der Waals surface area contributed by atoms with Crippen molar-refractivity contribution < 1.29 is 8.42 Å². The highest BCUT2D eigenvalue weighted by atomic mass is 127. The van der Waals surface area contributed by atoms with E-state index in [1.54, 1.807) is 24.8 Å². The molecule has 2 aliphatic carbocycles. The van der Waals surface area contributed by atoms with E-state index in [2.05, 4.69) is 26.4 Å². The minimum absolute atomic E-state index is 0. The van der Waals surface area contributed by atoms with Gasteiger partial charge in [0.05, 0.1) is 4.90 Å². The molecule has 0 unspecified atom stereocenters. The third kappa shape index (κ3) is 7.36. The van der Waals surface area contributed by atoms with Gasteiger partial charge in [-0.15, -0.1) is 24.0 Å². The number of halogens is 1. The van der Waals surface area contributed by atoms with E-state index < -0.39 is 10.0 Å². The van der Waals surface area contributed by atoms with Gasteiger partial charge < -0.3 is 10.6 Å². The van der Waals surface area contributed by atoms with E-state index in [0.29, 0.717) is 11.4 Å². The Morgan fingerprint density at radius 1 is 1.14 bits per heavy atom. The molecular weight excluding hydrogens is 487 g/mol. The van der Waals surface area contributed by atoms with Crippen LogP contribution in [0.15, 0.2) is 45.8 Å². The van der Waals surface area contributed by atoms with Crippen LogP contribution in [0.1, 0.15) is 50.5 Å². The van der Waals surface area contributed by atoms with Crippen LogP contribution in [-0.4, -0.2) is 34.0 Å². The maximum Gasteiger partial charge on any atom is 0.240 e. The van der Waals surface area contributed by atoms with E-state index in [-0.39, 0.29) is 30.0 Å². The van der Waals surface area contributed by atoms with Crippen LogP contribution in [0.2, 0.25) is 0 Å². The van der Waals surface area contributed by atoms with Crippen molar-refractivity contribution in [1.82, 2.24) is 15.4 Å². The molecule has 0 radical (unpaired) electrons.